The van der Waals surface area contributed by atoms with Crippen molar-refractivity contribution in [2.24, 2.45) is 11.8 Å². The third-order valence-electron chi connectivity index (χ3n) is 4.91. The summed E-state index contributed by atoms with van der Waals surface area (Å²) in [5.41, 5.74) is 0.0863. The minimum Gasteiger partial charge on any atom is -0.380 e. The molecule has 0 aromatic heterocycles. The van der Waals surface area contributed by atoms with Crippen molar-refractivity contribution >= 4 is 5.69 Å². The second-order valence-electron chi connectivity index (χ2n) is 6.21. The van der Waals surface area contributed by atoms with Crippen LogP contribution in [-0.2, 0) is 0 Å². The lowest BCUT2D eigenvalue weighted by Gasteiger charge is -2.39. The molecule has 1 N–H and O–H groups in total. The molecule has 0 spiro atoms. The molecule has 0 saturated heterocycles. The van der Waals surface area contributed by atoms with Gasteiger partial charge in [0.25, 0.3) is 0 Å². The third kappa shape index (κ3) is 2.79. The van der Waals surface area contributed by atoms with Gasteiger partial charge in [0.2, 0.25) is 0 Å². The SMILES string of the molecule is Fc1cc(F)c(NC2CCC3CCCCC3C2)cc1F. The molecule has 1 nitrogen and oxygen atoms in total. The van der Waals surface area contributed by atoms with Crippen LogP contribution < -0.4 is 5.32 Å². The number of hydrogen-bond acceptors (Lipinski definition) is 1. The van der Waals surface area contributed by atoms with Crippen LogP contribution in [0.3, 0.4) is 0 Å². The standard InChI is InChI=1S/C16H20F3N/c17-13-8-15(19)16(9-14(13)18)20-12-6-5-10-3-1-2-4-11(10)7-12/h8-12,20H,1-7H2. The maximum absolute atomic E-state index is 13.6. The van der Waals surface area contributed by atoms with E-state index in [4.69, 9.17) is 0 Å². The zero-order valence-corrected chi connectivity index (χ0v) is 11.5. The lowest BCUT2D eigenvalue weighted by molar-refractivity contribution is 0.162. The number of rotatable bonds is 2. The molecule has 0 heterocycles. The molecule has 2 fully saturated rings. The Balaban J connectivity index is 1.68. The molecule has 2 saturated carbocycles. The average Bonchev–Trinajstić information content (AvgIpc) is 2.44. The summed E-state index contributed by atoms with van der Waals surface area (Å²) in [6.07, 6.45) is 8.35. The molecular weight excluding hydrogens is 263 g/mol. The Morgan fingerprint density at radius 1 is 0.800 bits per heavy atom. The molecule has 2 aliphatic carbocycles. The summed E-state index contributed by atoms with van der Waals surface area (Å²) in [4.78, 5) is 0. The number of anilines is 1. The Morgan fingerprint density at radius 3 is 2.30 bits per heavy atom. The fraction of sp³-hybridized carbons (Fsp3) is 0.625. The first-order chi connectivity index (χ1) is 9.63. The van der Waals surface area contributed by atoms with E-state index in [2.05, 4.69) is 5.32 Å². The molecule has 1 aromatic rings. The van der Waals surface area contributed by atoms with Crippen LogP contribution in [0.4, 0.5) is 18.9 Å². The van der Waals surface area contributed by atoms with Crippen LogP contribution in [0.5, 0.6) is 0 Å². The van der Waals surface area contributed by atoms with Crippen LogP contribution in [0.1, 0.15) is 44.9 Å². The highest BCUT2D eigenvalue weighted by molar-refractivity contribution is 5.46. The average molecular weight is 283 g/mol. The fourth-order valence-electron chi connectivity index (χ4n) is 3.86. The van der Waals surface area contributed by atoms with Crippen molar-refractivity contribution in [3.8, 4) is 0 Å². The Bertz CT molecular complexity index is 489. The molecule has 110 valence electrons. The second kappa shape index (κ2) is 5.66. The predicted molar refractivity (Wildman–Crippen MR) is 73.0 cm³/mol. The highest BCUT2D eigenvalue weighted by Gasteiger charge is 2.32. The van der Waals surface area contributed by atoms with E-state index < -0.39 is 17.5 Å². The van der Waals surface area contributed by atoms with Gasteiger partial charge in [-0.05, 0) is 31.1 Å². The Morgan fingerprint density at radius 2 is 1.50 bits per heavy atom. The first-order valence-corrected chi connectivity index (χ1v) is 7.54. The summed E-state index contributed by atoms with van der Waals surface area (Å²) >= 11 is 0. The fourth-order valence-corrected chi connectivity index (χ4v) is 3.86. The molecule has 0 bridgehead atoms. The summed E-state index contributed by atoms with van der Waals surface area (Å²) in [6, 6.07) is 1.72. The lowest BCUT2D eigenvalue weighted by atomic mass is 9.69. The molecule has 0 aliphatic heterocycles. The van der Waals surface area contributed by atoms with Crippen LogP contribution in [0.25, 0.3) is 0 Å². The highest BCUT2D eigenvalue weighted by atomic mass is 19.2. The summed E-state index contributed by atoms with van der Waals surface area (Å²) in [5, 5.41) is 3.07. The molecule has 20 heavy (non-hydrogen) atoms. The van der Waals surface area contributed by atoms with Gasteiger partial charge in [0, 0.05) is 18.2 Å². The van der Waals surface area contributed by atoms with Gasteiger partial charge < -0.3 is 5.32 Å². The Labute approximate surface area is 117 Å². The number of fused-ring (bicyclic) bond motifs is 1. The van der Waals surface area contributed by atoms with Gasteiger partial charge in [0.05, 0.1) is 5.69 Å². The molecule has 1 aromatic carbocycles. The van der Waals surface area contributed by atoms with Gasteiger partial charge in [-0.2, -0.15) is 0 Å². The van der Waals surface area contributed by atoms with E-state index in [0.717, 1.165) is 31.2 Å². The quantitative estimate of drug-likeness (QED) is 0.763. The van der Waals surface area contributed by atoms with Crippen molar-refractivity contribution in [1.82, 2.24) is 0 Å². The topological polar surface area (TPSA) is 12.0 Å². The summed E-state index contributed by atoms with van der Waals surface area (Å²) in [7, 11) is 0. The largest absolute Gasteiger partial charge is 0.380 e. The smallest absolute Gasteiger partial charge is 0.161 e. The van der Waals surface area contributed by atoms with Crippen LogP contribution >= 0.6 is 0 Å². The normalized spacial score (nSPS) is 29.9. The maximum atomic E-state index is 13.6. The minimum absolute atomic E-state index is 0.0863. The molecule has 2 aliphatic rings. The van der Waals surface area contributed by atoms with Crippen LogP contribution in [0.15, 0.2) is 12.1 Å². The van der Waals surface area contributed by atoms with Gasteiger partial charge in [-0.3, -0.25) is 0 Å². The van der Waals surface area contributed by atoms with E-state index in [1.54, 1.807) is 0 Å². The number of hydrogen-bond donors (Lipinski definition) is 1. The van der Waals surface area contributed by atoms with Gasteiger partial charge in [0.15, 0.2) is 11.6 Å². The van der Waals surface area contributed by atoms with Gasteiger partial charge in [-0.1, -0.05) is 25.7 Å². The molecule has 4 heteroatoms. The van der Waals surface area contributed by atoms with Gasteiger partial charge >= 0.3 is 0 Å². The monoisotopic (exact) mass is 283 g/mol. The van der Waals surface area contributed by atoms with Crippen LogP contribution in [-0.4, -0.2) is 6.04 Å². The zero-order valence-electron chi connectivity index (χ0n) is 11.5. The van der Waals surface area contributed by atoms with Gasteiger partial charge in [-0.25, -0.2) is 13.2 Å². The van der Waals surface area contributed by atoms with E-state index >= 15 is 0 Å². The van der Waals surface area contributed by atoms with Crippen LogP contribution in [0, 0.1) is 29.3 Å². The van der Waals surface area contributed by atoms with Crippen molar-refractivity contribution in [2.75, 3.05) is 5.32 Å². The predicted octanol–water partition coefficient (Wildman–Crippen LogP) is 4.87. The van der Waals surface area contributed by atoms with E-state index in [-0.39, 0.29) is 11.7 Å². The summed E-state index contributed by atoms with van der Waals surface area (Å²) < 4.78 is 39.8. The number of nitrogens with one attached hydrogen (secondary N) is 1. The first kappa shape index (κ1) is 13.8. The molecule has 3 rings (SSSR count). The highest BCUT2D eigenvalue weighted by Crippen LogP contribution is 2.41. The molecule has 0 radical (unpaired) electrons. The van der Waals surface area contributed by atoms with Crippen molar-refractivity contribution in [3.05, 3.63) is 29.6 Å². The Kier molecular flexibility index (Phi) is 3.90. The number of halogens is 3. The van der Waals surface area contributed by atoms with Crippen molar-refractivity contribution in [2.45, 2.75) is 51.0 Å². The van der Waals surface area contributed by atoms with Gasteiger partial charge in [-0.15, -0.1) is 0 Å². The van der Waals surface area contributed by atoms with Crippen molar-refractivity contribution < 1.29 is 13.2 Å². The summed E-state index contributed by atoms with van der Waals surface area (Å²) in [5.74, 6) is -1.32. The zero-order chi connectivity index (χ0) is 14.1. The van der Waals surface area contributed by atoms with E-state index in [9.17, 15) is 13.2 Å². The summed E-state index contributed by atoms with van der Waals surface area (Å²) in [6.45, 7) is 0. The number of benzene rings is 1. The maximum Gasteiger partial charge on any atom is 0.161 e. The molecule has 0 amide bonds. The molecule has 3 unspecified atom stereocenters. The first-order valence-electron chi connectivity index (χ1n) is 7.54. The minimum atomic E-state index is -1.14. The van der Waals surface area contributed by atoms with E-state index in [1.165, 1.54) is 25.7 Å². The van der Waals surface area contributed by atoms with Crippen LogP contribution in [0.2, 0.25) is 0 Å². The van der Waals surface area contributed by atoms with E-state index in [1.807, 2.05) is 0 Å². The molecule has 3 atom stereocenters. The Hall–Kier alpha value is -1.19. The van der Waals surface area contributed by atoms with Crippen molar-refractivity contribution in [1.29, 1.82) is 0 Å². The lowest BCUT2D eigenvalue weighted by Crippen LogP contribution is -2.34. The van der Waals surface area contributed by atoms with Gasteiger partial charge in [0.1, 0.15) is 5.82 Å². The van der Waals surface area contributed by atoms with Crippen molar-refractivity contribution in [3.63, 3.8) is 0 Å². The molecular formula is C16H20F3N. The second-order valence-corrected chi connectivity index (χ2v) is 6.21. The van der Waals surface area contributed by atoms with E-state index in [0.29, 0.717) is 12.0 Å². The third-order valence-corrected chi connectivity index (χ3v) is 4.91.